The molecule has 0 bridgehead atoms. The number of pyridine rings is 1. The van der Waals surface area contributed by atoms with Crippen LogP contribution in [0.4, 0.5) is 0 Å². The summed E-state index contributed by atoms with van der Waals surface area (Å²) < 4.78 is 1.84. The second-order valence-corrected chi connectivity index (χ2v) is 9.89. The molecule has 3 aromatic rings. The lowest BCUT2D eigenvalue weighted by atomic mass is 9.97. The molecule has 2 aliphatic rings. The molecular formula is C25H25Cl2N5O2. The van der Waals surface area contributed by atoms with E-state index in [4.69, 9.17) is 28.3 Å². The Hall–Kier alpha value is -2.90. The van der Waals surface area contributed by atoms with Gasteiger partial charge in [0.1, 0.15) is 5.69 Å². The Morgan fingerprint density at radius 1 is 1.12 bits per heavy atom. The van der Waals surface area contributed by atoms with Crippen molar-refractivity contribution in [3.8, 4) is 0 Å². The van der Waals surface area contributed by atoms with E-state index in [1.165, 1.54) is 0 Å². The molecule has 0 N–H and O–H groups in total. The Labute approximate surface area is 208 Å². The van der Waals surface area contributed by atoms with Crippen molar-refractivity contribution < 1.29 is 9.59 Å². The van der Waals surface area contributed by atoms with Crippen LogP contribution in [0.1, 0.15) is 70.7 Å². The fraction of sp³-hybridized carbons (Fsp3) is 0.360. The van der Waals surface area contributed by atoms with Gasteiger partial charge in [0.05, 0.1) is 40.1 Å². The van der Waals surface area contributed by atoms with Crippen molar-refractivity contribution in [2.24, 2.45) is 0 Å². The van der Waals surface area contributed by atoms with Gasteiger partial charge in [-0.15, -0.1) is 0 Å². The van der Waals surface area contributed by atoms with Crippen LogP contribution in [0.5, 0.6) is 0 Å². The van der Waals surface area contributed by atoms with Crippen LogP contribution in [-0.2, 0) is 13.0 Å². The summed E-state index contributed by atoms with van der Waals surface area (Å²) in [4.78, 5) is 35.2. The number of aromatic nitrogens is 3. The minimum atomic E-state index is -0.174. The standard InChI is InChI=1S/C25H25Cl2N5O2/c1-14-10-22-18(13-30(14)24(33)17-7-8-19(26)20(27)11-17)23-25(34)31(12-15(2)32(23)29-22)16(3)21-6-4-5-9-28-21/h4-9,11,14-16H,10,12-13H2,1-3H3/t14-,15-,16?/m1/s1. The highest BCUT2D eigenvalue weighted by Crippen LogP contribution is 2.35. The Bertz CT molecular complexity index is 1280. The topological polar surface area (TPSA) is 71.3 Å². The summed E-state index contributed by atoms with van der Waals surface area (Å²) >= 11 is 12.2. The molecule has 0 saturated heterocycles. The Kier molecular flexibility index (Phi) is 5.86. The average molecular weight is 498 g/mol. The van der Waals surface area contributed by atoms with E-state index in [2.05, 4.69) is 11.9 Å². The van der Waals surface area contributed by atoms with Crippen molar-refractivity contribution in [3.63, 3.8) is 0 Å². The molecule has 2 aliphatic heterocycles. The molecule has 9 heteroatoms. The maximum absolute atomic E-state index is 13.7. The highest BCUT2D eigenvalue weighted by Gasteiger charge is 2.40. The summed E-state index contributed by atoms with van der Waals surface area (Å²) in [5.74, 6) is -0.229. The predicted octanol–water partition coefficient (Wildman–Crippen LogP) is 4.95. The van der Waals surface area contributed by atoms with Crippen LogP contribution in [0, 0.1) is 0 Å². The number of benzene rings is 1. The molecule has 1 unspecified atom stereocenters. The van der Waals surface area contributed by atoms with Gasteiger partial charge in [0.25, 0.3) is 11.8 Å². The summed E-state index contributed by atoms with van der Waals surface area (Å²) in [5, 5.41) is 5.55. The predicted molar refractivity (Wildman–Crippen MR) is 130 cm³/mol. The van der Waals surface area contributed by atoms with Crippen LogP contribution in [0.2, 0.25) is 10.0 Å². The van der Waals surface area contributed by atoms with Gasteiger partial charge in [-0.05, 0) is 51.1 Å². The Morgan fingerprint density at radius 2 is 1.91 bits per heavy atom. The molecule has 0 fully saturated rings. The number of rotatable bonds is 3. The molecule has 5 rings (SSSR count). The molecule has 176 valence electrons. The molecule has 0 aliphatic carbocycles. The molecular weight excluding hydrogens is 473 g/mol. The summed E-state index contributed by atoms with van der Waals surface area (Å²) in [6.45, 7) is 6.92. The molecule has 1 aromatic carbocycles. The van der Waals surface area contributed by atoms with Crippen LogP contribution < -0.4 is 0 Å². The number of carbonyl (C=O) groups excluding carboxylic acids is 2. The highest BCUT2D eigenvalue weighted by atomic mass is 35.5. The maximum atomic E-state index is 13.7. The summed E-state index contributed by atoms with van der Waals surface area (Å²) in [6, 6.07) is 10.4. The summed E-state index contributed by atoms with van der Waals surface area (Å²) in [7, 11) is 0. The fourth-order valence-corrected chi connectivity index (χ4v) is 5.17. The van der Waals surface area contributed by atoms with E-state index in [0.29, 0.717) is 40.8 Å². The Balaban J connectivity index is 1.49. The number of fused-ring (bicyclic) bond motifs is 3. The van der Waals surface area contributed by atoms with Crippen LogP contribution in [0.3, 0.4) is 0 Å². The summed E-state index contributed by atoms with van der Waals surface area (Å²) in [5.41, 5.74) is 3.58. The zero-order chi connectivity index (χ0) is 24.1. The van der Waals surface area contributed by atoms with Crippen LogP contribution in [0.15, 0.2) is 42.6 Å². The van der Waals surface area contributed by atoms with Crippen molar-refractivity contribution in [2.75, 3.05) is 6.54 Å². The zero-order valence-corrected chi connectivity index (χ0v) is 20.7. The van der Waals surface area contributed by atoms with Gasteiger partial charge >= 0.3 is 0 Å². The van der Waals surface area contributed by atoms with Gasteiger partial charge in [-0.25, -0.2) is 0 Å². The molecule has 0 radical (unpaired) electrons. The normalized spacial score (nSPS) is 20.7. The fourth-order valence-electron chi connectivity index (χ4n) is 4.87. The molecule has 3 atom stereocenters. The van der Waals surface area contributed by atoms with Gasteiger partial charge in [0.2, 0.25) is 0 Å². The van der Waals surface area contributed by atoms with E-state index in [9.17, 15) is 9.59 Å². The molecule has 0 spiro atoms. The van der Waals surface area contributed by atoms with Crippen molar-refractivity contribution in [1.29, 1.82) is 0 Å². The molecule has 2 amide bonds. The first kappa shape index (κ1) is 22.9. The van der Waals surface area contributed by atoms with Crippen molar-refractivity contribution in [3.05, 3.63) is 80.8 Å². The van der Waals surface area contributed by atoms with E-state index >= 15 is 0 Å². The molecule has 2 aromatic heterocycles. The SMILES string of the molecule is CC(c1ccccn1)N1C[C@@H](C)n2nc3c(c2C1=O)CN(C(=O)c1ccc(Cl)c(Cl)c1)[C@H](C)C3. The number of amides is 2. The third-order valence-electron chi connectivity index (χ3n) is 6.79. The van der Waals surface area contributed by atoms with Gasteiger partial charge < -0.3 is 9.80 Å². The first-order valence-electron chi connectivity index (χ1n) is 11.3. The number of halogens is 2. The smallest absolute Gasteiger partial charge is 0.273 e. The lowest BCUT2D eigenvalue weighted by Gasteiger charge is -2.37. The second kappa shape index (κ2) is 8.71. The number of hydrogen-bond donors (Lipinski definition) is 0. The first-order chi connectivity index (χ1) is 16.3. The number of hydrogen-bond acceptors (Lipinski definition) is 4. The maximum Gasteiger partial charge on any atom is 0.273 e. The van der Waals surface area contributed by atoms with Crippen molar-refractivity contribution in [2.45, 2.75) is 51.9 Å². The van der Waals surface area contributed by atoms with E-state index in [-0.39, 0.29) is 29.9 Å². The van der Waals surface area contributed by atoms with Gasteiger partial charge in [0, 0.05) is 36.3 Å². The third kappa shape index (κ3) is 3.77. The van der Waals surface area contributed by atoms with Crippen LogP contribution in [-0.4, -0.2) is 49.0 Å². The molecule has 4 heterocycles. The van der Waals surface area contributed by atoms with Gasteiger partial charge in [-0.3, -0.25) is 19.3 Å². The van der Waals surface area contributed by atoms with Crippen LogP contribution >= 0.6 is 23.2 Å². The number of nitrogens with zero attached hydrogens (tertiary/aromatic N) is 5. The van der Waals surface area contributed by atoms with Crippen molar-refractivity contribution >= 4 is 35.0 Å². The zero-order valence-electron chi connectivity index (χ0n) is 19.2. The quantitative estimate of drug-likeness (QED) is 0.513. The monoisotopic (exact) mass is 497 g/mol. The molecule has 7 nitrogen and oxygen atoms in total. The average Bonchev–Trinajstić information content (AvgIpc) is 3.21. The van der Waals surface area contributed by atoms with E-state index in [0.717, 1.165) is 17.0 Å². The minimum absolute atomic E-state index is 0.0130. The van der Waals surface area contributed by atoms with Gasteiger partial charge in [-0.1, -0.05) is 29.3 Å². The number of carbonyl (C=O) groups is 2. The largest absolute Gasteiger partial charge is 0.331 e. The molecule has 34 heavy (non-hydrogen) atoms. The summed E-state index contributed by atoms with van der Waals surface area (Å²) in [6.07, 6.45) is 2.32. The molecule has 0 saturated carbocycles. The first-order valence-corrected chi connectivity index (χ1v) is 12.1. The van der Waals surface area contributed by atoms with Crippen molar-refractivity contribution in [1.82, 2.24) is 24.6 Å². The Morgan fingerprint density at radius 3 is 2.62 bits per heavy atom. The minimum Gasteiger partial charge on any atom is -0.331 e. The lowest BCUT2D eigenvalue weighted by Crippen LogP contribution is -2.45. The highest BCUT2D eigenvalue weighted by molar-refractivity contribution is 6.42. The third-order valence-corrected chi connectivity index (χ3v) is 7.53. The van der Waals surface area contributed by atoms with Gasteiger partial charge in [-0.2, -0.15) is 5.10 Å². The van der Waals surface area contributed by atoms with E-state index in [1.54, 1.807) is 29.3 Å². The lowest BCUT2D eigenvalue weighted by molar-refractivity contribution is 0.0570. The van der Waals surface area contributed by atoms with E-state index < -0.39 is 0 Å². The van der Waals surface area contributed by atoms with Gasteiger partial charge in [0.15, 0.2) is 0 Å². The van der Waals surface area contributed by atoms with E-state index in [1.807, 2.05) is 41.6 Å². The van der Waals surface area contributed by atoms with Crippen LogP contribution in [0.25, 0.3) is 0 Å². The second-order valence-electron chi connectivity index (χ2n) is 9.07.